The Morgan fingerprint density at radius 1 is 1.08 bits per heavy atom. The molecule has 0 radical (unpaired) electrons. The molecule has 0 unspecified atom stereocenters. The molecule has 0 aromatic heterocycles. The molecule has 2 aromatic rings. The number of aliphatic hydroxyl groups is 1. The first-order chi connectivity index (χ1) is 11.5. The molecule has 0 saturated heterocycles. The molecule has 24 heavy (non-hydrogen) atoms. The molecular formula is C21H26O3. The van der Waals surface area contributed by atoms with Crippen LogP contribution in [-0.2, 0) is 0 Å². The second-order valence-corrected chi connectivity index (χ2v) is 6.23. The number of rotatable bonds is 6. The van der Waals surface area contributed by atoms with Gasteiger partial charge in [-0.1, -0.05) is 26.0 Å². The van der Waals surface area contributed by atoms with Crippen LogP contribution in [0.2, 0.25) is 0 Å². The van der Waals surface area contributed by atoms with Gasteiger partial charge in [0.15, 0.2) is 0 Å². The van der Waals surface area contributed by atoms with Gasteiger partial charge in [-0.3, -0.25) is 0 Å². The summed E-state index contributed by atoms with van der Waals surface area (Å²) in [5, 5.41) is 8.91. The zero-order chi connectivity index (χ0) is 17.7. The van der Waals surface area contributed by atoms with E-state index in [1.165, 1.54) is 0 Å². The fraction of sp³-hybridized carbons (Fsp3) is 0.333. The first-order valence-corrected chi connectivity index (χ1v) is 8.20. The lowest BCUT2D eigenvalue weighted by Crippen LogP contribution is -1.97. The number of methoxy groups -OCH3 is 1. The highest BCUT2D eigenvalue weighted by Gasteiger charge is 2.12. The van der Waals surface area contributed by atoms with Crippen LogP contribution in [0.1, 0.15) is 42.0 Å². The Balaban J connectivity index is 2.34. The van der Waals surface area contributed by atoms with Gasteiger partial charge in [0.1, 0.15) is 17.2 Å². The van der Waals surface area contributed by atoms with Crippen LogP contribution in [0, 0.1) is 13.8 Å². The van der Waals surface area contributed by atoms with E-state index in [4.69, 9.17) is 14.6 Å². The predicted octanol–water partition coefficient (Wildman–Crippen LogP) is 5.23. The second-order valence-electron chi connectivity index (χ2n) is 6.23. The average Bonchev–Trinajstić information content (AvgIpc) is 2.56. The lowest BCUT2D eigenvalue weighted by Gasteiger charge is -2.16. The summed E-state index contributed by atoms with van der Waals surface area (Å²) in [5.74, 6) is 2.92. The van der Waals surface area contributed by atoms with E-state index in [1.807, 2.05) is 38.1 Å². The summed E-state index contributed by atoms with van der Waals surface area (Å²) in [7, 11) is 1.69. The third-order valence-electron chi connectivity index (χ3n) is 3.94. The molecule has 0 aliphatic heterocycles. The van der Waals surface area contributed by atoms with Gasteiger partial charge in [0.25, 0.3) is 0 Å². The number of ether oxygens (including phenoxy) is 2. The molecule has 0 bridgehead atoms. The van der Waals surface area contributed by atoms with Crippen molar-refractivity contribution in [1.29, 1.82) is 0 Å². The van der Waals surface area contributed by atoms with Crippen molar-refractivity contribution >= 4 is 6.08 Å². The van der Waals surface area contributed by atoms with Crippen LogP contribution in [0.15, 0.2) is 36.4 Å². The molecule has 0 saturated carbocycles. The third kappa shape index (κ3) is 4.18. The topological polar surface area (TPSA) is 38.7 Å². The summed E-state index contributed by atoms with van der Waals surface area (Å²) in [4.78, 5) is 0. The lowest BCUT2D eigenvalue weighted by atomic mass is 10.0. The highest BCUT2D eigenvalue weighted by Crippen LogP contribution is 2.35. The van der Waals surface area contributed by atoms with Crippen LogP contribution in [0.3, 0.4) is 0 Å². The molecular weight excluding hydrogens is 300 g/mol. The van der Waals surface area contributed by atoms with Crippen LogP contribution in [0.25, 0.3) is 6.08 Å². The Kier molecular flexibility index (Phi) is 6.04. The van der Waals surface area contributed by atoms with Gasteiger partial charge < -0.3 is 14.6 Å². The summed E-state index contributed by atoms with van der Waals surface area (Å²) in [6, 6.07) is 10.0. The van der Waals surface area contributed by atoms with Crippen molar-refractivity contribution in [3.8, 4) is 17.2 Å². The predicted molar refractivity (Wildman–Crippen MR) is 99.2 cm³/mol. The molecule has 0 aliphatic carbocycles. The van der Waals surface area contributed by atoms with Crippen molar-refractivity contribution in [2.75, 3.05) is 13.7 Å². The molecule has 3 heteroatoms. The SMILES string of the molecule is COc1ccc(Oc2c(C)cc(C=CCO)cc2C)cc1C(C)C. The fourth-order valence-corrected chi connectivity index (χ4v) is 2.77. The van der Waals surface area contributed by atoms with Gasteiger partial charge in [-0.25, -0.2) is 0 Å². The van der Waals surface area contributed by atoms with E-state index in [-0.39, 0.29) is 6.61 Å². The molecule has 0 atom stereocenters. The fourth-order valence-electron chi connectivity index (χ4n) is 2.77. The van der Waals surface area contributed by atoms with Crippen molar-refractivity contribution < 1.29 is 14.6 Å². The molecule has 2 aromatic carbocycles. The van der Waals surface area contributed by atoms with Crippen LogP contribution in [0.4, 0.5) is 0 Å². The van der Waals surface area contributed by atoms with Crippen LogP contribution in [-0.4, -0.2) is 18.8 Å². The lowest BCUT2D eigenvalue weighted by molar-refractivity contribution is 0.343. The van der Waals surface area contributed by atoms with Gasteiger partial charge in [-0.15, -0.1) is 0 Å². The van der Waals surface area contributed by atoms with E-state index in [0.717, 1.165) is 39.5 Å². The van der Waals surface area contributed by atoms with Crippen LogP contribution < -0.4 is 9.47 Å². The molecule has 1 N–H and O–H groups in total. The second kappa shape index (κ2) is 8.02. The van der Waals surface area contributed by atoms with E-state index in [0.29, 0.717) is 5.92 Å². The van der Waals surface area contributed by atoms with Crippen molar-refractivity contribution in [3.63, 3.8) is 0 Å². The monoisotopic (exact) mass is 326 g/mol. The summed E-state index contributed by atoms with van der Waals surface area (Å²) in [5.41, 5.74) is 4.32. The van der Waals surface area contributed by atoms with Gasteiger partial charge in [0, 0.05) is 5.56 Å². The first-order valence-electron chi connectivity index (χ1n) is 8.20. The normalized spacial score (nSPS) is 11.3. The van der Waals surface area contributed by atoms with Crippen molar-refractivity contribution in [1.82, 2.24) is 0 Å². The number of hydrogen-bond acceptors (Lipinski definition) is 3. The van der Waals surface area contributed by atoms with E-state index in [1.54, 1.807) is 13.2 Å². The summed E-state index contributed by atoms with van der Waals surface area (Å²) < 4.78 is 11.6. The maximum Gasteiger partial charge on any atom is 0.133 e. The summed E-state index contributed by atoms with van der Waals surface area (Å²) in [6.07, 6.45) is 3.64. The Bertz CT molecular complexity index is 707. The van der Waals surface area contributed by atoms with Gasteiger partial charge in [-0.05, 0) is 66.8 Å². The number of aryl methyl sites for hydroxylation is 2. The summed E-state index contributed by atoms with van der Waals surface area (Å²) >= 11 is 0. The highest BCUT2D eigenvalue weighted by molar-refractivity contribution is 5.57. The number of aliphatic hydroxyl groups excluding tert-OH is 1. The van der Waals surface area contributed by atoms with Crippen molar-refractivity contribution in [2.24, 2.45) is 0 Å². The minimum atomic E-state index is 0.0418. The average molecular weight is 326 g/mol. The Morgan fingerprint density at radius 3 is 2.29 bits per heavy atom. The van der Waals surface area contributed by atoms with Gasteiger partial charge in [-0.2, -0.15) is 0 Å². The minimum Gasteiger partial charge on any atom is -0.496 e. The van der Waals surface area contributed by atoms with Gasteiger partial charge in [0.05, 0.1) is 13.7 Å². The molecule has 0 heterocycles. The van der Waals surface area contributed by atoms with Crippen molar-refractivity contribution in [2.45, 2.75) is 33.6 Å². The molecule has 0 spiro atoms. The summed E-state index contributed by atoms with van der Waals surface area (Å²) in [6.45, 7) is 8.39. The Hall–Kier alpha value is -2.26. The third-order valence-corrected chi connectivity index (χ3v) is 3.94. The van der Waals surface area contributed by atoms with E-state index in [9.17, 15) is 0 Å². The standard InChI is InChI=1S/C21H26O3/c1-14(2)19-13-18(8-9-20(19)23-5)24-21-15(3)11-17(7-6-10-22)12-16(21)4/h6-9,11-14,22H,10H2,1-5H3. The van der Waals surface area contributed by atoms with Gasteiger partial charge >= 0.3 is 0 Å². The maximum absolute atomic E-state index is 8.91. The zero-order valence-corrected chi connectivity index (χ0v) is 15.1. The maximum atomic E-state index is 8.91. The minimum absolute atomic E-state index is 0.0418. The number of hydrogen-bond donors (Lipinski definition) is 1. The highest BCUT2D eigenvalue weighted by atomic mass is 16.5. The van der Waals surface area contributed by atoms with Crippen LogP contribution in [0.5, 0.6) is 17.2 Å². The van der Waals surface area contributed by atoms with Crippen molar-refractivity contribution in [3.05, 3.63) is 58.7 Å². The molecule has 2 rings (SSSR count). The molecule has 0 aliphatic rings. The molecule has 3 nitrogen and oxygen atoms in total. The van der Waals surface area contributed by atoms with E-state index < -0.39 is 0 Å². The van der Waals surface area contributed by atoms with Gasteiger partial charge in [0.2, 0.25) is 0 Å². The Morgan fingerprint density at radius 2 is 1.75 bits per heavy atom. The smallest absolute Gasteiger partial charge is 0.133 e. The van der Waals surface area contributed by atoms with Crippen LogP contribution >= 0.6 is 0 Å². The quantitative estimate of drug-likeness (QED) is 0.789. The molecule has 128 valence electrons. The van der Waals surface area contributed by atoms with E-state index >= 15 is 0 Å². The molecule has 0 fully saturated rings. The zero-order valence-electron chi connectivity index (χ0n) is 15.1. The number of benzene rings is 2. The Labute approximate surface area is 144 Å². The molecule has 0 amide bonds. The van der Waals surface area contributed by atoms with E-state index in [2.05, 4.69) is 26.0 Å². The largest absolute Gasteiger partial charge is 0.496 e. The first kappa shape index (κ1) is 18.1.